The summed E-state index contributed by atoms with van der Waals surface area (Å²) in [4.78, 5) is 7.20. The molecular weight excluding hydrogens is 246 g/mol. The van der Waals surface area contributed by atoms with Crippen LogP contribution in [0.5, 0.6) is 0 Å². The molecule has 2 heterocycles. The van der Waals surface area contributed by atoms with E-state index in [9.17, 15) is 0 Å². The second-order valence-electron chi connectivity index (χ2n) is 6.44. The summed E-state index contributed by atoms with van der Waals surface area (Å²) in [5, 5.41) is 3.18. The van der Waals surface area contributed by atoms with Crippen molar-refractivity contribution in [3.8, 4) is 0 Å². The minimum absolute atomic E-state index is 0.807. The molecule has 0 radical (unpaired) electrons. The molecule has 1 aromatic heterocycles. The van der Waals surface area contributed by atoms with E-state index < -0.39 is 0 Å². The number of nitrogens with zero attached hydrogens (tertiary/aromatic N) is 2. The Morgan fingerprint density at radius 3 is 2.80 bits per heavy atom. The van der Waals surface area contributed by atoms with Crippen molar-refractivity contribution in [1.29, 1.82) is 0 Å². The molecule has 3 heteroatoms. The molecule has 1 saturated heterocycles. The Kier molecular flexibility index (Phi) is 5.41. The molecule has 1 aliphatic rings. The fourth-order valence-electron chi connectivity index (χ4n) is 3.26. The van der Waals surface area contributed by atoms with Gasteiger partial charge in [0, 0.05) is 25.8 Å². The van der Waals surface area contributed by atoms with E-state index in [0.29, 0.717) is 0 Å². The van der Waals surface area contributed by atoms with E-state index in [1.165, 1.54) is 36.2 Å². The van der Waals surface area contributed by atoms with Crippen molar-refractivity contribution < 1.29 is 0 Å². The number of pyridine rings is 1. The lowest BCUT2D eigenvalue weighted by Gasteiger charge is -2.24. The maximum absolute atomic E-state index is 4.72. The summed E-state index contributed by atoms with van der Waals surface area (Å²) in [6, 6.07) is 2.27. The van der Waals surface area contributed by atoms with Crippen LogP contribution in [-0.4, -0.2) is 25.1 Å². The SMILES string of the molecule is CNCc1cnc(N2CCCC(C(C)C)CC2)c(C)c1. The third-order valence-corrected chi connectivity index (χ3v) is 4.50. The Balaban J connectivity index is 2.07. The molecule has 0 saturated carbocycles. The Hall–Kier alpha value is -1.09. The van der Waals surface area contributed by atoms with Crippen LogP contribution in [0.25, 0.3) is 0 Å². The zero-order chi connectivity index (χ0) is 14.5. The lowest BCUT2D eigenvalue weighted by atomic mass is 9.89. The third-order valence-electron chi connectivity index (χ3n) is 4.50. The highest BCUT2D eigenvalue weighted by Gasteiger charge is 2.21. The summed E-state index contributed by atoms with van der Waals surface area (Å²) in [5.74, 6) is 2.88. The minimum atomic E-state index is 0.807. The van der Waals surface area contributed by atoms with Crippen molar-refractivity contribution in [2.45, 2.75) is 46.6 Å². The predicted octanol–water partition coefficient (Wildman–Crippen LogP) is 3.37. The summed E-state index contributed by atoms with van der Waals surface area (Å²) < 4.78 is 0. The highest BCUT2D eigenvalue weighted by Crippen LogP contribution is 2.27. The van der Waals surface area contributed by atoms with Crippen LogP contribution in [0.4, 0.5) is 5.82 Å². The molecular formula is C17H29N3. The first-order valence-corrected chi connectivity index (χ1v) is 7.97. The molecule has 0 aromatic carbocycles. The number of nitrogens with one attached hydrogen (secondary N) is 1. The van der Waals surface area contributed by atoms with Gasteiger partial charge >= 0.3 is 0 Å². The second kappa shape index (κ2) is 7.07. The van der Waals surface area contributed by atoms with Crippen LogP contribution in [0.3, 0.4) is 0 Å². The Bertz CT molecular complexity index is 428. The first-order valence-electron chi connectivity index (χ1n) is 7.97. The Morgan fingerprint density at radius 2 is 2.15 bits per heavy atom. The summed E-state index contributed by atoms with van der Waals surface area (Å²) in [6.07, 6.45) is 5.98. The van der Waals surface area contributed by atoms with Crippen molar-refractivity contribution in [1.82, 2.24) is 10.3 Å². The molecule has 0 spiro atoms. The average Bonchev–Trinajstić information content (AvgIpc) is 2.65. The van der Waals surface area contributed by atoms with Gasteiger partial charge in [-0.3, -0.25) is 0 Å². The molecule has 2 rings (SSSR count). The van der Waals surface area contributed by atoms with Crippen LogP contribution < -0.4 is 10.2 Å². The fourth-order valence-corrected chi connectivity index (χ4v) is 3.26. The first-order chi connectivity index (χ1) is 9.61. The van der Waals surface area contributed by atoms with Gasteiger partial charge in [0.15, 0.2) is 0 Å². The lowest BCUT2D eigenvalue weighted by Crippen LogP contribution is -2.26. The topological polar surface area (TPSA) is 28.2 Å². The van der Waals surface area contributed by atoms with Gasteiger partial charge in [0.05, 0.1) is 0 Å². The molecule has 112 valence electrons. The summed E-state index contributed by atoms with van der Waals surface area (Å²) in [7, 11) is 1.98. The number of aryl methyl sites for hydroxylation is 1. The van der Waals surface area contributed by atoms with Gasteiger partial charge in [-0.1, -0.05) is 13.8 Å². The quantitative estimate of drug-likeness (QED) is 0.913. The van der Waals surface area contributed by atoms with E-state index in [0.717, 1.165) is 31.5 Å². The number of hydrogen-bond acceptors (Lipinski definition) is 3. The number of rotatable bonds is 4. The Labute approximate surface area is 123 Å². The number of aromatic nitrogens is 1. The van der Waals surface area contributed by atoms with Crippen LogP contribution >= 0.6 is 0 Å². The van der Waals surface area contributed by atoms with Crippen molar-refractivity contribution in [3.05, 3.63) is 23.4 Å². The van der Waals surface area contributed by atoms with E-state index in [4.69, 9.17) is 4.98 Å². The molecule has 1 aliphatic heterocycles. The van der Waals surface area contributed by atoms with E-state index >= 15 is 0 Å². The van der Waals surface area contributed by atoms with Crippen LogP contribution in [0.15, 0.2) is 12.3 Å². The van der Waals surface area contributed by atoms with Crippen molar-refractivity contribution in [3.63, 3.8) is 0 Å². The van der Waals surface area contributed by atoms with Gasteiger partial charge in [-0.2, -0.15) is 0 Å². The third kappa shape index (κ3) is 3.72. The molecule has 1 unspecified atom stereocenters. The highest BCUT2D eigenvalue weighted by atomic mass is 15.2. The minimum Gasteiger partial charge on any atom is -0.356 e. The predicted molar refractivity (Wildman–Crippen MR) is 86.1 cm³/mol. The zero-order valence-corrected chi connectivity index (χ0v) is 13.4. The zero-order valence-electron chi connectivity index (χ0n) is 13.4. The molecule has 0 amide bonds. The van der Waals surface area contributed by atoms with E-state index in [1.807, 2.05) is 13.2 Å². The molecule has 20 heavy (non-hydrogen) atoms. The second-order valence-corrected chi connectivity index (χ2v) is 6.44. The number of hydrogen-bond donors (Lipinski definition) is 1. The molecule has 0 aliphatic carbocycles. The van der Waals surface area contributed by atoms with Crippen LogP contribution in [-0.2, 0) is 6.54 Å². The summed E-state index contributed by atoms with van der Waals surface area (Å²) in [6.45, 7) is 10.1. The molecule has 1 fully saturated rings. The van der Waals surface area contributed by atoms with Gasteiger partial charge in [0.25, 0.3) is 0 Å². The van der Waals surface area contributed by atoms with E-state index in [2.05, 4.69) is 37.1 Å². The average molecular weight is 275 g/mol. The maximum atomic E-state index is 4.72. The molecule has 1 atom stereocenters. The molecule has 0 bridgehead atoms. The molecule has 1 N–H and O–H groups in total. The summed E-state index contributed by atoms with van der Waals surface area (Å²) >= 11 is 0. The van der Waals surface area contributed by atoms with E-state index in [1.54, 1.807) is 0 Å². The number of anilines is 1. The van der Waals surface area contributed by atoms with Crippen molar-refractivity contribution >= 4 is 5.82 Å². The van der Waals surface area contributed by atoms with Crippen molar-refractivity contribution in [2.24, 2.45) is 11.8 Å². The Morgan fingerprint density at radius 1 is 1.35 bits per heavy atom. The fraction of sp³-hybridized carbons (Fsp3) is 0.706. The van der Waals surface area contributed by atoms with Crippen LogP contribution in [0.2, 0.25) is 0 Å². The maximum Gasteiger partial charge on any atom is 0.131 e. The first kappa shape index (κ1) is 15.3. The van der Waals surface area contributed by atoms with Crippen LogP contribution in [0.1, 0.15) is 44.2 Å². The van der Waals surface area contributed by atoms with Gasteiger partial charge in [-0.25, -0.2) is 4.98 Å². The van der Waals surface area contributed by atoms with Gasteiger partial charge in [0.2, 0.25) is 0 Å². The largest absolute Gasteiger partial charge is 0.356 e. The van der Waals surface area contributed by atoms with Gasteiger partial charge < -0.3 is 10.2 Å². The monoisotopic (exact) mass is 275 g/mol. The smallest absolute Gasteiger partial charge is 0.131 e. The highest BCUT2D eigenvalue weighted by molar-refractivity contribution is 5.47. The normalized spacial score (nSPS) is 20.2. The van der Waals surface area contributed by atoms with E-state index in [-0.39, 0.29) is 0 Å². The molecule has 3 nitrogen and oxygen atoms in total. The standard InChI is InChI=1S/C17H29N3/c1-13(2)16-6-5-8-20(9-7-16)17-14(3)10-15(11-18-4)12-19-17/h10,12-13,16,18H,5-9,11H2,1-4H3. The summed E-state index contributed by atoms with van der Waals surface area (Å²) in [5.41, 5.74) is 2.57. The van der Waals surface area contributed by atoms with Crippen LogP contribution in [0, 0.1) is 18.8 Å². The van der Waals surface area contributed by atoms with Crippen molar-refractivity contribution in [2.75, 3.05) is 25.0 Å². The lowest BCUT2D eigenvalue weighted by molar-refractivity contribution is 0.351. The van der Waals surface area contributed by atoms with Gasteiger partial charge in [-0.15, -0.1) is 0 Å². The van der Waals surface area contributed by atoms with Gasteiger partial charge in [-0.05, 0) is 62.3 Å². The van der Waals surface area contributed by atoms with Gasteiger partial charge in [0.1, 0.15) is 5.82 Å². The molecule has 1 aromatic rings.